The minimum absolute atomic E-state index is 1.03. The molecule has 0 unspecified atom stereocenters. The highest BCUT2D eigenvalue weighted by Gasteiger charge is 1.96. The van der Waals surface area contributed by atoms with Gasteiger partial charge in [0, 0.05) is 6.54 Å². The lowest BCUT2D eigenvalue weighted by atomic mass is 10.1. The third-order valence-corrected chi connectivity index (χ3v) is 1.75. The fourth-order valence-corrected chi connectivity index (χ4v) is 1.13. The molecule has 0 aromatic heterocycles. The number of nitrogens with zero attached hydrogens (tertiary/aromatic N) is 1. The van der Waals surface area contributed by atoms with Crippen molar-refractivity contribution in [2.75, 3.05) is 14.1 Å². The largest absolute Gasteiger partial charge is 0.305 e. The molecule has 0 atom stereocenters. The molecule has 1 heteroatoms. The molecule has 0 saturated carbocycles. The predicted octanol–water partition coefficient (Wildman–Crippen LogP) is 2.06. The Labute approximate surface area is 68.7 Å². The van der Waals surface area contributed by atoms with Crippen LogP contribution >= 0.6 is 0 Å². The Bertz CT molecular complexity index is 228. The van der Waals surface area contributed by atoms with E-state index in [9.17, 15) is 0 Å². The third-order valence-electron chi connectivity index (χ3n) is 1.75. The van der Waals surface area contributed by atoms with Crippen molar-refractivity contribution < 1.29 is 0 Å². The molecule has 0 fully saturated rings. The molecule has 0 aliphatic rings. The van der Waals surface area contributed by atoms with Crippen molar-refractivity contribution >= 4 is 0 Å². The summed E-state index contributed by atoms with van der Waals surface area (Å²) < 4.78 is 0. The fourth-order valence-electron chi connectivity index (χ4n) is 1.13. The Hall–Kier alpha value is -0.820. The van der Waals surface area contributed by atoms with E-state index in [1.807, 2.05) is 0 Å². The molecular weight excluding hydrogens is 134 g/mol. The topological polar surface area (TPSA) is 3.24 Å². The molecule has 0 spiro atoms. The van der Waals surface area contributed by atoms with Crippen LogP contribution in [0.3, 0.4) is 0 Å². The molecule has 0 aliphatic carbocycles. The maximum absolute atomic E-state index is 2.18. The van der Waals surface area contributed by atoms with Crippen LogP contribution in [0.5, 0.6) is 0 Å². The fraction of sp³-hybridized carbons (Fsp3) is 0.400. The smallest absolute Gasteiger partial charge is 0.0230 e. The summed E-state index contributed by atoms with van der Waals surface area (Å²) in [4.78, 5) is 2.18. The molecule has 0 bridgehead atoms. The molecule has 1 rings (SSSR count). The van der Waals surface area contributed by atoms with Crippen LogP contribution in [0.1, 0.15) is 11.1 Å². The highest BCUT2D eigenvalue weighted by Crippen LogP contribution is 2.07. The molecule has 1 aromatic carbocycles. The van der Waals surface area contributed by atoms with Gasteiger partial charge in [-0.1, -0.05) is 24.3 Å². The van der Waals surface area contributed by atoms with Gasteiger partial charge in [-0.2, -0.15) is 0 Å². The molecular formula is C10H15N. The van der Waals surface area contributed by atoms with Crippen LogP contribution in [0.15, 0.2) is 24.3 Å². The number of hydrogen-bond acceptors (Lipinski definition) is 1. The molecule has 0 amide bonds. The highest BCUT2D eigenvalue weighted by atomic mass is 15.0. The number of hydrogen-bond donors (Lipinski definition) is 0. The third kappa shape index (κ3) is 2.35. The van der Waals surface area contributed by atoms with Crippen molar-refractivity contribution in [2.45, 2.75) is 13.5 Å². The second-order valence-corrected chi connectivity index (χ2v) is 3.16. The minimum atomic E-state index is 1.03. The minimum Gasteiger partial charge on any atom is -0.305 e. The van der Waals surface area contributed by atoms with E-state index in [4.69, 9.17) is 0 Å². The van der Waals surface area contributed by atoms with E-state index in [1.54, 1.807) is 0 Å². The molecule has 11 heavy (non-hydrogen) atoms. The van der Waals surface area contributed by atoms with Gasteiger partial charge in [0.25, 0.3) is 0 Å². The zero-order valence-electron chi connectivity index (χ0n) is 7.46. The number of aryl methyl sites for hydroxylation is 1. The predicted molar refractivity (Wildman–Crippen MR) is 48.6 cm³/mol. The second kappa shape index (κ2) is 3.54. The average Bonchev–Trinajstić information content (AvgIpc) is 1.93. The summed E-state index contributed by atoms with van der Waals surface area (Å²) in [5.41, 5.74) is 2.79. The summed E-state index contributed by atoms with van der Waals surface area (Å²) in [6.07, 6.45) is 0. The van der Waals surface area contributed by atoms with Gasteiger partial charge >= 0.3 is 0 Å². The van der Waals surface area contributed by atoms with Crippen LogP contribution in [-0.2, 0) is 6.54 Å². The lowest BCUT2D eigenvalue weighted by molar-refractivity contribution is 0.401. The maximum Gasteiger partial charge on any atom is 0.0230 e. The Balaban J connectivity index is 2.78. The Morgan fingerprint density at radius 1 is 1.18 bits per heavy atom. The van der Waals surface area contributed by atoms with Gasteiger partial charge in [-0.15, -0.1) is 0 Å². The van der Waals surface area contributed by atoms with Crippen LogP contribution in [-0.4, -0.2) is 19.0 Å². The summed E-state index contributed by atoms with van der Waals surface area (Å²) in [6, 6.07) is 8.49. The average molecular weight is 149 g/mol. The monoisotopic (exact) mass is 149 g/mol. The van der Waals surface area contributed by atoms with E-state index in [0.717, 1.165) is 6.54 Å². The summed E-state index contributed by atoms with van der Waals surface area (Å²) in [6.45, 7) is 3.19. The molecule has 60 valence electrons. The number of benzene rings is 1. The van der Waals surface area contributed by atoms with E-state index >= 15 is 0 Å². The molecule has 1 aromatic rings. The quantitative estimate of drug-likeness (QED) is 0.622. The first-order valence-electron chi connectivity index (χ1n) is 3.89. The summed E-state index contributed by atoms with van der Waals surface area (Å²) in [5.74, 6) is 0. The van der Waals surface area contributed by atoms with Crippen LogP contribution in [0.2, 0.25) is 0 Å². The lowest BCUT2D eigenvalue weighted by Gasteiger charge is -2.11. The van der Waals surface area contributed by atoms with Crippen molar-refractivity contribution in [1.82, 2.24) is 4.90 Å². The summed E-state index contributed by atoms with van der Waals surface area (Å²) >= 11 is 0. The van der Waals surface area contributed by atoms with E-state index in [1.165, 1.54) is 11.1 Å². The zero-order valence-corrected chi connectivity index (χ0v) is 7.46. The first-order chi connectivity index (χ1) is 5.20. The standard InChI is InChI=1S/C10H15N/c1-9-6-4-5-7-10(9)8-11(2)3/h4-7H,8H2,1-3H3. The van der Waals surface area contributed by atoms with Gasteiger partial charge in [0.05, 0.1) is 0 Å². The van der Waals surface area contributed by atoms with Gasteiger partial charge in [0.2, 0.25) is 0 Å². The Morgan fingerprint density at radius 3 is 2.36 bits per heavy atom. The van der Waals surface area contributed by atoms with Crippen LogP contribution < -0.4 is 0 Å². The first kappa shape index (κ1) is 8.28. The van der Waals surface area contributed by atoms with Crippen molar-refractivity contribution in [2.24, 2.45) is 0 Å². The van der Waals surface area contributed by atoms with E-state index < -0.39 is 0 Å². The first-order valence-corrected chi connectivity index (χ1v) is 3.89. The lowest BCUT2D eigenvalue weighted by Crippen LogP contribution is -2.11. The molecule has 1 nitrogen and oxygen atoms in total. The molecule has 0 heterocycles. The summed E-state index contributed by atoms with van der Waals surface area (Å²) in [5, 5.41) is 0. The molecule has 0 radical (unpaired) electrons. The normalized spacial score (nSPS) is 10.5. The van der Waals surface area contributed by atoms with Gasteiger partial charge in [-0.05, 0) is 32.1 Å². The Kier molecular flexibility index (Phi) is 2.66. The van der Waals surface area contributed by atoms with E-state index in [0.29, 0.717) is 0 Å². The molecule has 0 aliphatic heterocycles. The summed E-state index contributed by atoms with van der Waals surface area (Å²) in [7, 11) is 4.18. The van der Waals surface area contributed by atoms with E-state index in [-0.39, 0.29) is 0 Å². The van der Waals surface area contributed by atoms with Crippen LogP contribution in [0, 0.1) is 6.92 Å². The van der Waals surface area contributed by atoms with Crippen LogP contribution in [0.4, 0.5) is 0 Å². The van der Waals surface area contributed by atoms with Crippen molar-refractivity contribution in [3.05, 3.63) is 35.4 Å². The molecule has 0 N–H and O–H groups in total. The van der Waals surface area contributed by atoms with Crippen molar-refractivity contribution in [3.63, 3.8) is 0 Å². The maximum atomic E-state index is 2.18. The number of rotatable bonds is 2. The Morgan fingerprint density at radius 2 is 1.82 bits per heavy atom. The molecule has 0 saturated heterocycles. The van der Waals surface area contributed by atoms with Gasteiger partial charge in [-0.25, -0.2) is 0 Å². The SMILES string of the molecule is Cc1ccccc1CN(C)C. The van der Waals surface area contributed by atoms with Gasteiger partial charge < -0.3 is 4.90 Å². The van der Waals surface area contributed by atoms with Gasteiger partial charge in [-0.3, -0.25) is 0 Å². The zero-order chi connectivity index (χ0) is 8.27. The van der Waals surface area contributed by atoms with Crippen molar-refractivity contribution in [1.29, 1.82) is 0 Å². The second-order valence-electron chi connectivity index (χ2n) is 3.16. The van der Waals surface area contributed by atoms with Gasteiger partial charge in [0.1, 0.15) is 0 Å². The van der Waals surface area contributed by atoms with Gasteiger partial charge in [0.15, 0.2) is 0 Å². The van der Waals surface area contributed by atoms with Crippen LogP contribution in [0.25, 0.3) is 0 Å². The van der Waals surface area contributed by atoms with Crippen molar-refractivity contribution in [3.8, 4) is 0 Å². The highest BCUT2D eigenvalue weighted by molar-refractivity contribution is 5.25. The van der Waals surface area contributed by atoms with E-state index in [2.05, 4.69) is 50.2 Å².